The first-order valence-electron chi connectivity index (χ1n) is 10.8. The van der Waals surface area contributed by atoms with E-state index in [-0.39, 0.29) is 11.9 Å². The Hall–Kier alpha value is -3.91. The fraction of sp³-hybridized carbons (Fsp3) is 0.240. The Morgan fingerprint density at radius 3 is 2.67 bits per heavy atom. The van der Waals surface area contributed by atoms with Crippen LogP contribution >= 0.6 is 0 Å². The topological polar surface area (TPSA) is 114 Å². The molecule has 0 radical (unpaired) electrons. The monoisotopic (exact) mass is 441 g/mol. The minimum atomic E-state index is 0.218. The van der Waals surface area contributed by atoms with E-state index in [9.17, 15) is 0 Å². The Kier molecular flexibility index (Phi) is 6.85. The van der Waals surface area contributed by atoms with Gasteiger partial charge in [-0.05, 0) is 31.0 Å². The highest BCUT2D eigenvalue weighted by Crippen LogP contribution is 2.27. The number of fused-ring (bicyclic) bond motifs is 1. The maximum Gasteiger partial charge on any atom is 0.148 e. The molecule has 0 aliphatic rings. The summed E-state index contributed by atoms with van der Waals surface area (Å²) < 4.78 is 5.30. The molecule has 0 amide bonds. The number of rotatable bonds is 9. The highest BCUT2D eigenvalue weighted by Gasteiger charge is 2.18. The Balaban J connectivity index is 1.70. The first-order valence-corrected chi connectivity index (χ1v) is 10.8. The van der Waals surface area contributed by atoms with Crippen LogP contribution in [0.3, 0.4) is 0 Å². The number of aromatic nitrogens is 4. The SMILES string of the molecule is COCCC(C)N(Cc1ccccc1)c1cnc2cc(-c3ncnc(N)c3C=N)ccc2n1. The lowest BCUT2D eigenvalue weighted by Crippen LogP contribution is -2.34. The lowest BCUT2D eigenvalue weighted by Gasteiger charge is -2.30. The van der Waals surface area contributed by atoms with Gasteiger partial charge in [0.1, 0.15) is 18.0 Å². The Bertz CT molecular complexity index is 1250. The molecular formula is C25H27N7O. The number of nitrogens with zero attached hydrogens (tertiary/aromatic N) is 5. The van der Waals surface area contributed by atoms with Gasteiger partial charge in [0.2, 0.25) is 0 Å². The summed E-state index contributed by atoms with van der Waals surface area (Å²) in [5.74, 6) is 1.09. The van der Waals surface area contributed by atoms with Crippen molar-refractivity contribution in [3.05, 3.63) is 72.2 Å². The molecule has 1 unspecified atom stereocenters. The van der Waals surface area contributed by atoms with E-state index in [1.54, 1.807) is 7.11 Å². The Labute approximate surface area is 193 Å². The summed E-state index contributed by atoms with van der Waals surface area (Å²) in [5.41, 5.74) is 10.6. The number of anilines is 2. The van der Waals surface area contributed by atoms with Crippen LogP contribution in [0.2, 0.25) is 0 Å². The van der Waals surface area contributed by atoms with E-state index in [4.69, 9.17) is 25.8 Å². The molecule has 0 saturated carbocycles. The van der Waals surface area contributed by atoms with Gasteiger partial charge in [-0.3, -0.25) is 4.98 Å². The van der Waals surface area contributed by atoms with Crippen molar-refractivity contribution in [2.75, 3.05) is 24.4 Å². The predicted molar refractivity (Wildman–Crippen MR) is 131 cm³/mol. The highest BCUT2D eigenvalue weighted by molar-refractivity contribution is 5.93. The fourth-order valence-electron chi connectivity index (χ4n) is 3.76. The molecule has 0 fully saturated rings. The number of nitrogen functional groups attached to an aromatic ring is 1. The van der Waals surface area contributed by atoms with Crippen molar-refractivity contribution in [3.63, 3.8) is 0 Å². The molecule has 3 N–H and O–H groups in total. The fourth-order valence-corrected chi connectivity index (χ4v) is 3.76. The average Bonchev–Trinajstić information content (AvgIpc) is 2.85. The maximum absolute atomic E-state index is 7.67. The number of ether oxygens (including phenoxy) is 1. The third-order valence-electron chi connectivity index (χ3n) is 5.62. The van der Waals surface area contributed by atoms with E-state index < -0.39 is 0 Å². The van der Waals surface area contributed by atoms with Crippen LogP contribution in [0.25, 0.3) is 22.3 Å². The molecule has 0 saturated heterocycles. The first-order chi connectivity index (χ1) is 16.1. The minimum Gasteiger partial charge on any atom is -0.385 e. The van der Waals surface area contributed by atoms with E-state index in [1.807, 2.05) is 42.6 Å². The number of nitrogens with two attached hydrogens (primary N) is 1. The van der Waals surface area contributed by atoms with Crippen molar-refractivity contribution in [1.29, 1.82) is 5.41 Å². The molecule has 0 aliphatic heterocycles. The molecule has 8 nitrogen and oxygen atoms in total. The molecular weight excluding hydrogens is 414 g/mol. The second-order valence-corrected chi connectivity index (χ2v) is 7.84. The molecule has 8 heteroatoms. The van der Waals surface area contributed by atoms with Crippen molar-refractivity contribution in [2.24, 2.45) is 0 Å². The third kappa shape index (κ3) is 4.96. The molecule has 2 aromatic carbocycles. The van der Waals surface area contributed by atoms with Crippen molar-refractivity contribution < 1.29 is 4.74 Å². The molecule has 33 heavy (non-hydrogen) atoms. The lowest BCUT2D eigenvalue weighted by atomic mass is 10.1. The van der Waals surface area contributed by atoms with Gasteiger partial charge in [0, 0.05) is 38.1 Å². The first kappa shape index (κ1) is 22.3. The minimum absolute atomic E-state index is 0.218. The van der Waals surface area contributed by atoms with Gasteiger partial charge >= 0.3 is 0 Å². The van der Waals surface area contributed by atoms with Crippen LogP contribution < -0.4 is 10.6 Å². The van der Waals surface area contributed by atoms with Crippen LogP contribution in [0.1, 0.15) is 24.5 Å². The average molecular weight is 442 g/mol. The number of hydrogen-bond acceptors (Lipinski definition) is 8. The standard InChI is InChI=1S/C25H27N7O/c1-17(10-11-33-2)32(15-18-6-4-3-5-7-18)23-14-28-22-12-19(8-9-21(22)31-23)24-20(13-26)25(27)30-16-29-24/h3-9,12-14,16-17,26H,10-11,15H2,1-2H3,(H2,27,29,30). The number of nitrogens with one attached hydrogen (secondary N) is 1. The van der Waals surface area contributed by atoms with Crippen molar-refractivity contribution >= 4 is 28.9 Å². The summed E-state index contributed by atoms with van der Waals surface area (Å²) in [7, 11) is 1.72. The largest absolute Gasteiger partial charge is 0.385 e. The summed E-state index contributed by atoms with van der Waals surface area (Å²) in [6.45, 7) is 3.58. The molecule has 2 heterocycles. The second-order valence-electron chi connectivity index (χ2n) is 7.84. The molecule has 1 atom stereocenters. The van der Waals surface area contributed by atoms with Gasteiger partial charge in [-0.2, -0.15) is 0 Å². The number of methoxy groups -OCH3 is 1. The lowest BCUT2D eigenvalue weighted by molar-refractivity contribution is 0.188. The Morgan fingerprint density at radius 2 is 1.91 bits per heavy atom. The van der Waals surface area contributed by atoms with Gasteiger partial charge in [0.05, 0.1) is 28.5 Å². The van der Waals surface area contributed by atoms with Gasteiger partial charge in [-0.25, -0.2) is 15.0 Å². The molecule has 0 spiro atoms. The molecule has 0 aliphatic carbocycles. The zero-order chi connectivity index (χ0) is 23.2. The summed E-state index contributed by atoms with van der Waals surface area (Å²) in [4.78, 5) is 20.2. The van der Waals surface area contributed by atoms with Crippen LogP contribution in [0, 0.1) is 5.41 Å². The van der Waals surface area contributed by atoms with E-state index >= 15 is 0 Å². The second kappa shape index (κ2) is 10.1. The summed E-state index contributed by atoms with van der Waals surface area (Å²) in [6, 6.07) is 16.3. The maximum atomic E-state index is 7.67. The summed E-state index contributed by atoms with van der Waals surface area (Å²) >= 11 is 0. The molecule has 4 rings (SSSR count). The van der Waals surface area contributed by atoms with Gasteiger partial charge in [0.15, 0.2) is 0 Å². The smallest absolute Gasteiger partial charge is 0.148 e. The zero-order valence-corrected chi connectivity index (χ0v) is 18.8. The predicted octanol–water partition coefficient (Wildman–Crippen LogP) is 4.10. The summed E-state index contributed by atoms with van der Waals surface area (Å²) in [5, 5.41) is 7.67. The van der Waals surface area contributed by atoms with Crippen LogP contribution in [0.4, 0.5) is 11.6 Å². The zero-order valence-electron chi connectivity index (χ0n) is 18.8. The van der Waals surface area contributed by atoms with E-state index in [2.05, 4.69) is 33.9 Å². The van der Waals surface area contributed by atoms with Gasteiger partial charge < -0.3 is 20.8 Å². The molecule has 0 bridgehead atoms. The van der Waals surface area contributed by atoms with Crippen molar-refractivity contribution in [2.45, 2.75) is 25.9 Å². The third-order valence-corrected chi connectivity index (χ3v) is 5.62. The van der Waals surface area contributed by atoms with Gasteiger partial charge in [-0.1, -0.05) is 36.4 Å². The Morgan fingerprint density at radius 1 is 1.09 bits per heavy atom. The van der Waals surface area contributed by atoms with Crippen molar-refractivity contribution in [3.8, 4) is 11.3 Å². The number of benzene rings is 2. The quantitative estimate of drug-likeness (QED) is 0.376. The van der Waals surface area contributed by atoms with Crippen molar-refractivity contribution in [1.82, 2.24) is 19.9 Å². The van der Waals surface area contributed by atoms with E-state index in [1.165, 1.54) is 18.1 Å². The highest BCUT2D eigenvalue weighted by atomic mass is 16.5. The van der Waals surface area contributed by atoms with Crippen LogP contribution in [0.5, 0.6) is 0 Å². The van der Waals surface area contributed by atoms with Crippen LogP contribution in [-0.4, -0.2) is 45.9 Å². The normalized spacial score (nSPS) is 11.9. The van der Waals surface area contributed by atoms with Gasteiger partial charge in [0.25, 0.3) is 0 Å². The number of hydrogen-bond donors (Lipinski definition) is 2. The van der Waals surface area contributed by atoms with Crippen LogP contribution in [0.15, 0.2) is 61.1 Å². The molecule has 168 valence electrons. The van der Waals surface area contributed by atoms with Gasteiger partial charge in [-0.15, -0.1) is 0 Å². The van der Waals surface area contributed by atoms with Crippen LogP contribution in [-0.2, 0) is 11.3 Å². The molecule has 2 aromatic heterocycles. The molecule has 4 aromatic rings. The van der Waals surface area contributed by atoms with E-state index in [0.717, 1.165) is 35.4 Å². The summed E-state index contributed by atoms with van der Waals surface area (Å²) in [6.07, 6.45) is 5.26. The van der Waals surface area contributed by atoms with E-state index in [0.29, 0.717) is 17.9 Å².